The summed E-state index contributed by atoms with van der Waals surface area (Å²) in [6.45, 7) is 4.35. The fraction of sp³-hybridized carbons (Fsp3) is 0.235. The van der Waals surface area contributed by atoms with Gasteiger partial charge in [0, 0.05) is 16.6 Å². The Morgan fingerprint density at radius 3 is 2.62 bits per heavy atom. The van der Waals surface area contributed by atoms with Gasteiger partial charge in [-0.2, -0.15) is 0 Å². The second-order valence-corrected chi connectivity index (χ2v) is 7.57. The molecule has 0 fully saturated rings. The average molecular weight is 478 g/mol. The van der Waals surface area contributed by atoms with Crippen LogP contribution >= 0.6 is 43.5 Å². The Kier molecular flexibility index (Phi) is 6.54. The number of carboxylic acid groups (broad SMARTS) is 1. The predicted octanol–water partition coefficient (Wildman–Crippen LogP) is 5.96. The highest BCUT2D eigenvalue weighted by atomic mass is 79.9. The van der Waals surface area contributed by atoms with Gasteiger partial charge in [0.1, 0.15) is 5.75 Å². The summed E-state index contributed by atoms with van der Waals surface area (Å²) in [5, 5.41) is 12.7. The van der Waals surface area contributed by atoms with E-state index in [0.29, 0.717) is 17.3 Å². The molecule has 128 valence electrons. The maximum Gasteiger partial charge on any atom is 0.335 e. The van der Waals surface area contributed by atoms with Crippen molar-refractivity contribution < 1.29 is 14.6 Å². The molecule has 2 aromatic rings. The van der Waals surface area contributed by atoms with Crippen molar-refractivity contribution in [2.45, 2.75) is 26.5 Å². The monoisotopic (exact) mass is 475 g/mol. The largest absolute Gasteiger partial charge is 0.489 e. The Labute approximate surface area is 162 Å². The van der Waals surface area contributed by atoms with E-state index >= 15 is 0 Å². The summed E-state index contributed by atoms with van der Waals surface area (Å²) in [4.78, 5) is 11.1. The fourth-order valence-electron chi connectivity index (χ4n) is 2.10. The number of carboxylic acids is 1. The summed E-state index contributed by atoms with van der Waals surface area (Å²) < 4.78 is 7.63. The number of benzene rings is 2. The van der Waals surface area contributed by atoms with Crippen molar-refractivity contribution in [3.63, 3.8) is 0 Å². The zero-order valence-electron chi connectivity index (χ0n) is 13.1. The number of hydrogen-bond donors (Lipinski definition) is 2. The molecule has 0 saturated heterocycles. The van der Waals surface area contributed by atoms with Crippen LogP contribution in [0.15, 0.2) is 39.3 Å². The van der Waals surface area contributed by atoms with E-state index in [9.17, 15) is 4.79 Å². The van der Waals surface area contributed by atoms with Gasteiger partial charge in [0.2, 0.25) is 0 Å². The lowest BCUT2D eigenvalue weighted by atomic mass is 10.1. The second kappa shape index (κ2) is 8.23. The molecule has 0 heterocycles. The average Bonchev–Trinajstić information content (AvgIpc) is 2.49. The Balaban J connectivity index is 2.29. The van der Waals surface area contributed by atoms with Crippen molar-refractivity contribution in [3.05, 3.63) is 55.4 Å². The minimum absolute atomic E-state index is 0.0279. The van der Waals surface area contributed by atoms with Gasteiger partial charge in [-0.05, 0) is 60.1 Å². The third-order valence-electron chi connectivity index (χ3n) is 3.12. The molecule has 0 saturated carbocycles. The number of aromatic carboxylic acids is 1. The van der Waals surface area contributed by atoms with Crippen molar-refractivity contribution in [1.29, 1.82) is 0 Å². The van der Waals surface area contributed by atoms with Crippen LogP contribution in [0.3, 0.4) is 0 Å². The smallest absolute Gasteiger partial charge is 0.335 e. The lowest BCUT2D eigenvalue weighted by molar-refractivity contribution is 0.0697. The Morgan fingerprint density at radius 1 is 1.29 bits per heavy atom. The Hall–Kier alpha value is -1.24. The molecule has 4 nitrogen and oxygen atoms in total. The standard InChI is InChI=1S/C17H16Br2ClNO3/c1-9(2)24-16-11(5-12(18)7-13(16)19)8-21-15-6-10(17(22)23)3-4-14(15)20/h3-7,9,21H,8H2,1-2H3,(H,22,23). The summed E-state index contributed by atoms with van der Waals surface area (Å²) in [6, 6.07) is 8.42. The molecule has 0 radical (unpaired) electrons. The molecule has 24 heavy (non-hydrogen) atoms. The van der Waals surface area contributed by atoms with Gasteiger partial charge in [0.15, 0.2) is 0 Å². The first-order valence-corrected chi connectivity index (χ1v) is 9.15. The quantitative estimate of drug-likeness (QED) is 0.539. The second-order valence-electron chi connectivity index (χ2n) is 5.40. The van der Waals surface area contributed by atoms with Gasteiger partial charge in [0.05, 0.1) is 26.9 Å². The number of carbonyl (C=O) groups is 1. The molecule has 0 atom stereocenters. The maximum atomic E-state index is 11.1. The molecule has 0 bridgehead atoms. The summed E-state index contributed by atoms with van der Waals surface area (Å²) in [5.74, 6) is -0.255. The van der Waals surface area contributed by atoms with Crippen LogP contribution in [-0.2, 0) is 6.54 Å². The number of hydrogen-bond acceptors (Lipinski definition) is 3. The molecular formula is C17H16Br2ClNO3. The van der Waals surface area contributed by atoms with E-state index in [1.54, 1.807) is 6.07 Å². The van der Waals surface area contributed by atoms with E-state index in [0.717, 1.165) is 20.3 Å². The highest BCUT2D eigenvalue weighted by molar-refractivity contribution is 9.11. The highest BCUT2D eigenvalue weighted by Crippen LogP contribution is 2.34. The van der Waals surface area contributed by atoms with Crippen LogP contribution in [0, 0.1) is 0 Å². The van der Waals surface area contributed by atoms with Gasteiger partial charge in [-0.25, -0.2) is 4.79 Å². The van der Waals surface area contributed by atoms with E-state index in [1.807, 2.05) is 26.0 Å². The molecule has 2 N–H and O–H groups in total. The third kappa shape index (κ3) is 4.88. The molecule has 2 rings (SSSR count). The van der Waals surface area contributed by atoms with E-state index in [1.165, 1.54) is 12.1 Å². The Morgan fingerprint density at radius 2 is 2.00 bits per heavy atom. The Bertz CT molecular complexity index is 766. The molecular weight excluding hydrogens is 461 g/mol. The SMILES string of the molecule is CC(C)Oc1c(Br)cc(Br)cc1CNc1cc(C(=O)O)ccc1Cl. The van der Waals surface area contributed by atoms with E-state index in [-0.39, 0.29) is 11.7 Å². The molecule has 0 aliphatic rings. The zero-order valence-corrected chi connectivity index (χ0v) is 17.0. The molecule has 2 aromatic carbocycles. The van der Waals surface area contributed by atoms with Gasteiger partial charge in [-0.3, -0.25) is 0 Å². The van der Waals surface area contributed by atoms with Crippen LogP contribution in [0.4, 0.5) is 5.69 Å². The van der Waals surface area contributed by atoms with Crippen LogP contribution in [0.1, 0.15) is 29.8 Å². The number of anilines is 1. The lowest BCUT2D eigenvalue weighted by Crippen LogP contribution is -2.10. The fourth-order valence-corrected chi connectivity index (χ4v) is 3.69. The van der Waals surface area contributed by atoms with Crippen LogP contribution in [0.25, 0.3) is 0 Å². The number of ether oxygens (including phenoxy) is 1. The molecule has 0 spiro atoms. The normalized spacial score (nSPS) is 10.8. The minimum Gasteiger partial charge on any atom is -0.489 e. The highest BCUT2D eigenvalue weighted by Gasteiger charge is 2.13. The van der Waals surface area contributed by atoms with E-state index in [2.05, 4.69) is 37.2 Å². The van der Waals surface area contributed by atoms with Crippen molar-refractivity contribution in [2.24, 2.45) is 0 Å². The third-order valence-corrected chi connectivity index (χ3v) is 4.50. The minimum atomic E-state index is -0.997. The number of halogens is 3. The predicted molar refractivity (Wildman–Crippen MR) is 103 cm³/mol. The first kappa shape index (κ1) is 19.1. The van der Waals surface area contributed by atoms with Crippen LogP contribution in [-0.4, -0.2) is 17.2 Å². The summed E-state index contributed by atoms with van der Waals surface area (Å²) in [6.07, 6.45) is 0.0279. The number of nitrogens with one attached hydrogen (secondary N) is 1. The maximum absolute atomic E-state index is 11.1. The van der Waals surface area contributed by atoms with Gasteiger partial charge in [-0.15, -0.1) is 0 Å². The van der Waals surface area contributed by atoms with Crippen LogP contribution in [0.2, 0.25) is 5.02 Å². The topological polar surface area (TPSA) is 58.6 Å². The van der Waals surface area contributed by atoms with Crippen LogP contribution < -0.4 is 10.1 Å². The van der Waals surface area contributed by atoms with Crippen molar-refractivity contribution in [2.75, 3.05) is 5.32 Å². The van der Waals surface area contributed by atoms with Crippen LogP contribution in [0.5, 0.6) is 5.75 Å². The first-order chi connectivity index (χ1) is 11.3. The van der Waals surface area contributed by atoms with Gasteiger partial charge < -0.3 is 15.2 Å². The van der Waals surface area contributed by atoms with Gasteiger partial charge >= 0.3 is 5.97 Å². The van der Waals surface area contributed by atoms with Crippen molar-refractivity contribution in [3.8, 4) is 5.75 Å². The molecule has 0 amide bonds. The zero-order chi connectivity index (χ0) is 17.9. The molecule has 7 heteroatoms. The molecule has 0 aliphatic heterocycles. The van der Waals surface area contributed by atoms with E-state index in [4.69, 9.17) is 21.4 Å². The van der Waals surface area contributed by atoms with Gasteiger partial charge in [-0.1, -0.05) is 27.5 Å². The van der Waals surface area contributed by atoms with Gasteiger partial charge in [0.25, 0.3) is 0 Å². The first-order valence-electron chi connectivity index (χ1n) is 7.19. The number of rotatable bonds is 6. The summed E-state index contributed by atoms with van der Waals surface area (Å²) >= 11 is 13.1. The van der Waals surface area contributed by atoms with Crippen molar-refractivity contribution >= 4 is 55.1 Å². The lowest BCUT2D eigenvalue weighted by Gasteiger charge is -2.18. The van der Waals surface area contributed by atoms with Crippen molar-refractivity contribution in [1.82, 2.24) is 0 Å². The van der Waals surface area contributed by atoms with E-state index < -0.39 is 5.97 Å². The summed E-state index contributed by atoms with van der Waals surface area (Å²) in [5.41, 5.74) is 1.65. The molecule has 0 aromatic heterocycles. The molecule has 0 unspecified atom stereocenters. The summed E-state index contributed by atoms with van der Waals surface area (Å²) in [7, 11) is 0. The molecule has 0 aliphatic carbocycles.